The maximum atomic E-state index is 12.8. The summed E-state index contributed by atoms with van der Waals surface area (Å²) in [5.74, 6) is -0.226. The molecule has 0 aliphatic heterocycles. The molecule has 0 spiro atoms. The van der Waals surface area contributed by atoms with E-state index in [4.69, 9.17) is 0 Å². The normalized spacial score (nSPS) is 10.1. The van der Waals surface area contributed by atoms with Gasteiger partial charge in [0.2, 0.25) is 0 Å². The van der Waals surface area contributed by atoms with Crippen molar-refractivity contribution in [3.05, 3.63) is 59.9 Å². The Morgan fingerprint density at radius 2 is 1.69 bits per heavy atom. The standard InChI is InChI=1S/C14H11FO/c1-10(16)12-3-2-4-13(9-12)11-5-7-14(15)8-6-11/h2-9H,1H3. The molecule has 2 heteroatoms. The second-order valence-corrected chi connectivity index (χ2v) is 3.64. The van der Waals surface area contributed by atoms with Crippen LogP contribution in [0.5, 0.6) is 0 Å². The van der Waals surface area contributed by atoms with Gasteiger partial charge < -0.3 is 0 Å². The minimum absolute atomic E-state index is 0.0314. The maximum Gasteiger partial charge on any atom is 0.159 e. The van der Waals surface area contributed by atoms with E-state index in [0.29, 0.717) is 5.56 Å². The molecule has 2 rings (SSSR count). The molecule has 0 N–H and O–H groups in total. The van der Waals surface area contributed by atoms with Crippen molar-refractivity contribution in [2.24, 2.45) is 0 Å². The Hall–Kier alpha value is -1.96. The maximum absolute atomic E-state index is 12.8. The van der Waals surface area contributed by atoms with Crippen LogP contribution in [0.1, 0.15) is 17.3 Å². The minimum atomic E-state index is -0.258. The summed E-state index contributed by atoms with van der Waals surface area (Å²) < 4.78 is 12.8. The zero-order chi connectivity index (χ0) is 11.5. The van der Waals surface area contributed by atoms with Crippen LogP contribution >= 0.6 is 0 Å². The van der Waals surface area contributed by atoms with Gasteiger partial charge in [0, 0.05) is 5.56 Å². The Labute approximate surface area is 93.5 Å². The van der Waals surface area contributed by atoms with Crippen molar-refractivity contribution in [3.63, 3.8) is 0 Å². The van der Waals surface area contributed by atoms with Gasteiger partial charge in [0.05, 0.1) is 0 Å². The first-order valence-corrected chi connectivity index (χ1v) is 5.04. The summed E-state index contributed by atoms with van der Waals surface area (Å²) in [5.41, 5.74) is 2.50. The third-order valence-electron chi connectivity index (χ3n) is 2.45. The number of hydrogen-bond acceptors (Lipinski definition) is 1. The van der Waals surface area contributed by atoms with Gasteiger partial charge in [-0.15, -0.1) is 0 Å². The van der Waals surface area contributed by atoms with E-state index in [1.807, 2.05) is 18.2 Å². The molecule has 0 aliphatic carbocycles. The van der Waals surface area contributed by atoms with E-state index in [0.717, 1.165) is 11.1 Å². The van der Waals surface area contributed by atoms with E-state index < -0.39 is 0 Å². The molecule has 16 heavy (non-hydrogen) atoms. The van der Waals surface area contributed by atoms with Crippen LogP contribution in [0.2, 0.25) is 0 Å². The van der Waals surface area contributed by atoms with Crippen LogP contribution in [0.3, 0.4) is 0 Å². The van der Waals surface area contributed by atoms with Crippen molar-refractivity contribution in [1.82, 2.24) is 0 Å². The molecule has 2 aromatic carbocycles. The van der Waals surface area contributed by atoms with Crippen LogP contribution in [0.15, 0.2) is 48.5 Å². The number of Topliss-reactive ketones (excluding diaryl/α,β-unsaturated/α-hetero) is 1. The number of carbonyl (C=O) groups is 1. The monoisotopic (exact) mass is 214 g/mol. The van der Waals surface area contributed by atoms with Crippen LogP contribution in [-0.4, -0.2) is 5.78 Å². The molecule has 0 amide bonds. The second kappa shape index (κ2) is 4.27. The molecule has 2 aromatic rings. The van der Waals surface area contributed by atoms with Crippen LogP contribution in [0.4, 0.5) is 4.39 Å². The SMILES string of the molecule is CC(=O)c1cccc(-c2ccc(F)cc2)c1. The highest BCUT2D eigenvalue weighted by Crippen LogP contribution is 2.20. The quantitative estimate of drug-likeness (QED) is 0.697. The van der Waals surface area contributed by atoms with Crippen LogP contribution in [-0.2, 0) is 0 Å². The van der Waals surface area contributed by atoms with E-state index in [9.17, 15) is 9.18 Å². The Morgan fingerprint density at radius 3 is 2.31 bits per heavy atom. The molecule has 80 valence electrons. The number of ketones is 1. The fourth-order valence-electron chi connectivity index (χ4n) is 1.56. The van der Waals surface area contributed by atoms with Crippen molar-refractivity contribution in [2.75, 3.05) is 0 Å². The second-order valence-electron chi connectivity index (χ2n) is 3.64. The summed E-state index contributed by atoms with van der Waals surface area (Å²) in [4.78, 5) is 11.2. The highest BCUT2D eigenvalue weighted by atomic mass is 19.1. The smallest absolute Gasteiger partial charge is 0.159 e. The number of carbonyl (C=O) groups excluding carboxylic acids is 1. The van der Waals surface area contributed by atoms with Gasteiger partial charge in [-0.1, -0.05) is 30.3 Å². The Kier molecular flexibility index (Phi) is 2.82. The third kappa shape index (κ3) is 2.16. The van der Waals surface area contributed by atoms with Crippen LogP contribution < -0.4 is 0 Å². The lowest BCUT2D eigenvalue weighted by molar-refractivity contribution is 0.101. The number of hydrogen-bond donors (Lipinski definition) is 0. The first kappa shape index (κ1) is 10.6. The first-order valence-electron chi connectivity index (χ1n) is 5.04. The third-order valence-corrected chi connectivity index (χ3v) is 2.45. The van der Waals surface area contributed by atoms with Gasteiger partial charge in [-0.3, -0.25) is 4.79 Å². The molecule has 0 unspecified atom stereocenters. The summed E-state index contributed by atoms with van der Waals surface area (Å²) in [7, 11) is 0. The van der Waals surface area contributed by atoms with E-state index in [2.05, 4.69) is 0 Å². The minimum Gasteiger partial charge on any atom is -0.295 e. The molecule has 0 atom stereocenters. The molecule has 0 aliphatic rings. The highest BCUT2D eigenvalue weighted by Gasteiger charge is 2.02. The molecule has 0 saturated carbocycles. The largest absolute Gasteiger partial charge is 0.295 e. The van der Waals surface area contributed by atoms with E-state index >= 15 is 0 Å². The zero-order valence-electron chi connectivity index (χ0n) is 8.91. The van der Waals surface area contributed by atoms with Gasteiger partial charge in [-0.25, -0.2) is 4.39 Å². The van der Waals surface area contributed by atoms with Crippen molar-refractivity contribution in [2.45, 2.75) is 6.92 Å². The van der Waals surface area contributed by atoms with Crippen molar-refractivity contribution in [1.29, 1.82) is 0 Å². The Balaban J connectivity index is 2.44. The molecule has 0 bridgehead atoms. The molecule has 0 fully saturated rings. The molecular weight excluding hydrogens is 203 g/mol. The topological polar surface area (TPSA) is 17.1 Å². The lowest BCUT2D eigenvalue weighted by Crippen LogP contribution is -1.91. The number of halogens is 1. The van der Waals surface area contributed by atoms with Crippen LogP contribution in [0, 0.1) is 5.82 Å². The Bertz CT molecular complexity index is 515. The summed E-state index contributed by atoms with van der Waals surface area (Å²) in [6.45, 7) is 1.53. The highest BCUT2D eigenvalue weighted by molar-refractivity contribution is 5.95. The summed E-state index contributed by atoms with van der Waals surface area (Å²) in [5, 5.41) is 0. The molecular formula is C14H11FO. The molecule has 0 aromatic heterocycles. The zero-order valence-corrected chi connectivity index (χ0v) is 8.91. The average Bonchev–Trinajstić information content (AvgIpc) is 2.30. The molecule has 1 nitrogen and oxygen atoms in total. The predicted octanol–water partition coefficient (Wildman–Crippen LogP) is 3.70. The van der Waals surface area contributed by atoms with Gasteiger partial charge in [0.1, 0.15) is 5.82 Å². The van der Waals surface area contributed by atoms with Crippen molar-refractivity contribution in [3.8, 4) is 11.1 Å². The average molecular weight is 214 g/mol. The lowest BCUT2D eigenvalue weighted by atomic mass is 10.0. The summed E-state index contributed by atoms with van der Waals surface area (Å²) >= 11 is 0. The summed E-state index contributed by atoms with van der Waals surface area (Å²) in [6, 6.07) is 13.6. The molecule has 0 radical (unpaired) electrons. The van der Waals surface area contributed by atoms with E-state index in [1.165, 1.54) is 19.1 Å². The van der Waals surface area contributed by atoms with Crippen LogP contribution in [0.25, 0.3) is 11.1 Å². The first-order chi connectivity index (χ1) is 7.66. The van der Waals surface area contributed by atoms with Gasteiger partial charge >= 0.3 is 0 Å². The van der Waals surface area contributed by atoms with Gasteiger partial charge in [-0.2, -0.15) is 0 Å². The number of benzene rings is 2. The van der Waals surface area contributed by atoms with Gasteiger partial charge in [-0.05, 0) is 36.2 Å². The lowest BCUT2D eigenvalue weighted by Gasteiger charge is -2.03. The van der Waals surface area contributed by atoms with E-state index in [1.54, 1.807) is 18.2 Å². The fraction of sp³-hybridized carbons (Fsp3) is 0.0714. The number of rotatable bonds is 2. The Morgan fingerprint density at radius 1 is 1.00 bits per heavy atom. The molecule has 0 heterocycles. The van der Waals surface area contributed by atoms with Gasteiger partial charge in [0.15, 0.2) is 5.78 Å². The fourth-order valence-corrected chi connectivity index (χ4v) is 1.56. The van der Waals surface area contributed by atoms with Gasteiger partial charge in [0.25, 0.3) is 0 Å². The van der Waals surface area contributed by atoms with E-state index in [-0.39, 0.29) is 11.6 Å². The predicted molar refractivity (Wildman–Crippen MR) is 61.8 cm³/mol. The molecule has 0 saturated heterocycles. The van der Waals surface area contributed by atoms with Crippen molar-refractivity contribution < 1.29 is 9.18 Å². The van der Waals surface area contributed by atoms with Crippen molar-refractivity contribution >= 4 is 5.78 Å². The summed E-state index contributed by atoms with van der Waals surface area (Å²) in [6.07, 6.45) is 0.